The normalized spacial score (nSPS) is 14.9. The molecule has 14 heteroatoms. The molecule has 2 fully saturated rings. The van der Waals surface area contributed by atoms with Crippen LogP contribution in [0.4, 0.5) is 0 Å². The number of rotatable bonds is 36. The zero-order chi connectivity index (χ0) is 93.3. The van der Waals surface area contributed by atoms with Gasteiger partial charge in [0.25, 0.3) is 0 Å². The fourth-order valence-corrected chi connectivity index (χ4v) is 15.2. The number of hydrogen-bond acceptors (Lipinski definition) is 14. The topological polar surface area (TPSA) is 169 Å². The van der Waals surface area contributed by atoms with Crippen molar-refractivity contribution in [1.29, 1.82) is 0 Å². The van der Waals surface area contributed by atoms with Gasteiger partial charge in [0.1, 0.15) is 46.0 Å². The molecule has 11 rings (SSSR count). The summed E-state index contributed by atoms with van der Waals surface area (Å²) in [5, 5.41) is 27.9. The summed E-state index contributed by atoms with van der Waals surface area (Å²) in [6.07, 6.45) is 23.7. The van der Waals surface area contributed by atoms with Gasteiger partial charge in [-0.15, -0.1) is 0 Å². The third-order valence-electron chi connectivity index (χ3n) is 24.2. The molecular formula is C113H162O13S. The molecule has 0 amide bonds. The first-order valence-electron chi connectivity index (χ1n) is 47.8. The fraction of sp³-hybridized carbons (Fsp3) is 0.504. The van der Waals surface area contributed by atoms with Crippen LogP contribution in [0.15, 0.2) is 224 Å². The molecule has 698 valence electrons. The minimum atomic E-state index is -0.277. The molecule has 0 heterocycles. The van der Waals surface area contributed by atoms with Crippen molar-refractivity contribution >= 4 is 23.7 Å². The molecule has 3 N–H and O–H groups in total. The van der Waals surface area contributed by atoms with Crippen LogP contribution in [0.2, 0.25) is 0 Å². The van der Waals surface area contributed by atoms with E-state index in [0.717, 1.165) is 91.5 Å². The van der Waals surface area contributed by atoms with Crippen molar-refractivity contribution in [2.45, 2.75) is 345 Å². The molecule has 127 heavy (non-hydrogen) atoms. The van der Waals surface area contributed by atoms with E-state index >= 15 is 0 Å². The van der Waals surface area contributed by atoms with Gasteiger partial charge in [-0.1, -0.05) is 290 Å². The number of benzene rings is 9. The Hall–Kier alpha value is -9.05. The van der Waals surface area contributed by atoms with Gasteiger partial charge in [0, 0.05) is 24.9 Å². The number of phenols is 3. The number of esters is 2. The molecule has 13 nitrogen and oxygen atoms in total. The zero-order valence-corrected chi connectivity index (χ0v) is 82.3. The van der Waals surface area contributed by atoms with E-state index in [-0.39, 0.29) is 30.8 Å². The van der Waals surface area contributed by atoms with Crippen LogP contribution in [0, 0.1) is 5.92 Å². The Balaban J connectivity index is 0.000000309. The van der Waals surface area contributed by atoms with E-state index in [0.29, 0.717) is 82.7 Å². The number of thioether (sulfide) groups is 1. The highest BCUT2D eigenvalue weighted by molar-refractivity contribution is 7.99. The summed E-state index contributed by atoms with van der Waals surface area (Å²) in [6, 6.07) is 73.0. The van der Waals surface area contributed by atoms with Gasteiger partial charge in [-0.2, -0.15) is 11.8 Å². The molecule has 2 aliphatic rings. The third-order valence-corrected chi connectivity index (χ3v) is 25.6. The van der Waals surface area contributed by atoms with Crippen molar-refractivity contribution in [3.63, 3.8) is 0 Å². The zero-order valence-electron chi connectivity index (χ0n) is 81.5. The van der Waals surface area contributed by atoms with E-state index in [1.54, 1.807) is 36.4 Å². The number of ether oxygens (including phenoxy) is 8. The lowest BCUT2D eigenvalue weighted by Gasteiger charge is -2.22. The van der Waals surface area contributed by atoms with E-state index in [9.17, 15) is 9.59 Å². The Bertz CT molecular complexity index is 4040. The Morgan fingerprint density at radius 3 is 0.819 bits per heavy atom. The lowest BCUT2D eigenvalue weighted by molar-refractivity contribution is -0.132. The first-order chi connectivity index (χ1) is 61.0. The first kappa shape index (κ1) is 110. The second-order valence-corrected chi connectivity index (χ2v) is 35.7. The first-order valence-corrected chi connectivity index (χ1v) is 48.8. The van der Waals surface area contributed by atoms with Crippen LogP contribution < -0.4 is 23.7 Å². The van der Waals surface area contributed by atoms with Crippen molar-refractivity contribution in [2.24, 2.45) is 5.92 Å². The van der Waals surface area contributed by atoms with E-state index in [2.05, 4.69) is 183 Å². The van der Waals surface area contributed by atoms with Gasteiger partial charge in [0.15, 0.2) is 18.9 Å². The van der Waals surface area contributed by atoms with E-state index in [1.807, 2.05) is 148 Å². The van der Waals surface area contributed by atoms with Gasteiger partial charge in [0.05, 0.1) is 19.8 Å². The Morgan fingerprint density at radius 2 is 0.551 bits per heavy atom. The lowest BCUT2D eigenvalue weighted by atomic mass is 9.87. The average Bonchev–Trinajstić information content (AvgIpc) is 0.908. The molecule has 11 unspecified atom stereocenters. The predicted octanol–water partition coefficient (Wildman–Crippen LogP) is 32.0. The highest BCUT2D eigenvalue weighted by Gasteiger charge is 2.18. The molecule has 9 aromatic carbocycles. The molecule has 2 aliphatic carbocycles. The van der Waals surface area contributed by atoms with Crippen LogP contribution >= 0.6 is 11.8 Å². The van der Waals surface area contributed by atoms with Crippen LogP contribution in [0.5, 0.6) is 46.0 Å². The third kappa shape index (κ3) is 47.2. The summed E-state index contributed by atoms with van der Waals surface area (Å²) in [4.78, 5) is 21.3. The molecule has 0 saturated heterocycles. The number of aromatic hydroxyl groups is 3. The molecule has 0 spiro atoms. The molecule has 0 aromatic heterocycles. The lowest BCUT2D eigenvalue weighted by Crippen LogP contribution is -2.19. The smallest absolute Gasteiger partial charge is 0.308 e. The second-order valence-electron chi connectivity index (χ2n) is 34.3. The van der Waals surface area contributed by atoms with E-state index in [1.165, 1.54) is 142 Å². The SMILES string of the molecule is CCC(C)c1ccc(O)cc1.CCC(C)c1ccc(O)cc1.CCC(C)c1ccc(O)cc1.CCC(C)c1ccc(OC(C)=O)cc1.CCC(C)c1ccc(OC(C)=O)cc1.CCC(C)c1ccc(OC(C)OCCC2CCCCC2)cc1.CCC(C)c1ccc(OC(C)OCCSC2CCCCC2)cc1.CCC(C)c1ccc(OC(C)OCc2ccccc2)cc1. The van der Waals surface area contributed by atoms with Gasteiger partial charge in [-0.05, 0) is 292 Å². The van der Waals surface area contributed by atoms with Gasteiger partial charge in [0.2, 0.25) is 0 Å². The minimum Gasteiger partial charge on any atom is -0.508 e. The summed E-state index contributed by atoms with van der Waals surface area (Å²) in [6.45, 7) is 46.0. The monoisotopic (exact) mass is 1760 g/mol. The van der Waals surface area contributed by atoms with Gasteiger partial charge in [-0.25, -0.2) is 0 Å². The molecule has 9 aromatic rings. The van der Waals surface area contributed by atoms with Crippen molar-refractivity contribution in [1.82, 2.24) is 0 Å². The summed E-state index contributed by atoms with van der Waals surface area (Å²) in [5.74, 6) is 11.0. The van der Waals surface area contributed by atoms with Crippen molar-refractivity contribution < 1.29 is 62.8 Å². The summed E-state index contributed by atoms with van der Waals surface area (Å²) in [5.41, 5.74) is 11.7. The quantitative estimate of drug-likeness (QED) is 0.0147. The van der Waals surface area contributed by atoms with Crippen LogP contribution in [0.1, 0.15) is 365 Å². The second kappa shape index (κ2) is 64.7. The van der Waals surface area contributed by atoms with Crippen molar-refractivity contribution in [2.75, 3.05) is 19.0 Å². The van der Waals surface area contributed by atoms with E-state index < -0.39 is 0 Å². The van der Waals surface area contributed by atoms with Crippen molar-refractivity contribution in [3.8, 4) is 46.0 Å². The molecule has 0 bridgehead atoms. The largest absolute Gasteiger partial charge is 0.508 e. The number of hydrogen-bond donors (Lipinski definition) is 3. The van der Waals surface area contributed by atoms with Crippen LogP contribution in [-0.2, 0) is 30.4 Å². The molecule has 0 aliphatic heterocycles. The molecule has 0 radical (unpaired) electrons. The molecule has 11 atom stereocenters. The standard InChI is InChI=1S/C20H32O2S.C20H32O2.C19H24O2.2C12H16O2.3C10H14O/c1-4-16(2)18-10-12-19(13-11-18)22-17(3)21-14-15-23-20-8-6-5-7-9-20;1-4-16(2)19-10-12-20(13-11-19)22-17(3)21-15-14-18-8-6-5-7-9-18;1-4-15(2)18-10-12-19(13-11-18)21-16(3)20-14-17-8-6-5-7-9-17;2*1-4-9(2)11-5-7-12(8-6-11)14-10(3)13;3*1-3-8(2)9-4-6-10(11)7-5-9/h10-13,16-17,20H,4-9,14-15H2,1-3H3;10-13,16-18H,4-9,14-15H2,1-3H3;5-13,15-16H,4,14H2,1-3H3;2*5-9H,4H2,1-3H3;3*4-8,11H,3H2,1-2H3. The van der Waals surface area contributed by atoms with Gasteiger partial charge < -0.3 is 53.2 Å². The fourth-order valence-electron chi connectivity index (χ4n) is 14.0. The summed E-state index contributed by atoms with van der Waals surface area (Å²) >= 11 is 2.07. The number of phenolic OH excluding ortho intramolecular Hbond substituents is 3. The molecule has 2 saturated carbocycles. The predicted molar refractivity (Wildman–Crippen MR) is 533 cm³/mol. The Morgan fingerprint density at radius 1 is 0.307 bits per heavy atom. The Labute approximate surface area is 772 Å². The van der Waals surface area contributed by atoms with Crippen molar-refractivity contribution in [3.05, 3.63) is 275 Å². The summed E-state index contributed by atoms with van der Waals surface area (Å²) < 4.78 is 44.7. The van der Waals surface area contributed by atoms with Gasteiger partial charge in [-0.3, -0.25) is 9.59 Å². The number of carbonyl (C=O) groups excluding carboxylic acids is 2. The number of carbonyl (C=O) groups is 2. The maximum atomic E-state index is 10.7. The minimum absolute atomic E-state index is 0.168. The maximum Gasteiger partial charge on any atom is 0.308 e. The highest BCUT2D eigenvalue weighted by Crippen LogP contribution is 2.33. The Kier molecular flexibility index (Phi) is 56.1. The van der Waals surface area contributed by atoms with Gasteiger partial charge >= 0.3 is 11.9 Å². The maximum absolute atomic E-state index is 10.7. The van der Waals surface area contributed by atoms with Crippen LogP contribution in [-0.4, -0.2) is 70.3 Å². The summed E-state index contributed by atoms with van der Waals surface area (Å²) in [7, 11) is 0. The van der Waals surface area contributed by atoms with E-state index in [4.69, 9.17) is 53.2 Å². The van der Waals surface area contributed by atoms with Crippen LogP contribution in [0.3, 0.4) is 0 Å². The average molecular weight is 1760 g/mol. The van der Waals surface area contributed by atoms with Crippen LogP contribution in [0.25, 0.3) is 0 Å². The molecular weight excluding hydrogens is 1600 g/mol. The highest BCUT2D eigenvalue weighted by atomic mass is 32.2.